The van der Waals surface area contributed by atoms with Crippen molar-refractivity contribution in [2.24, 2.45) is 0 Å². The summed E-state index contributed by atoms with van der Waals surface area (Å²) in [6.45, 7) is 1.54. The van der Waals surface area contributed by atoms with Crippen LogP contribution < -0.4 is 15.5 Å². The molecule has 3 N–H and O–H groups in total. The van der Waals surface area contributed by atoms with Crippen molar-refractivity contribution in [3.8, 4) is 17.6 Å². The molecule has 0 radical (unpaired) electrons. The van der Waals surface area contributed by atoms with E-state index in [9.17, 15) is 9.59 Å². The summed E-state index contributed by atoms with van der Waals surface area (Å²) in [5, 5.41) is 12.1. The molecule has 2 aromatic carbocycles. The smallest absolute Gasteiger partial charge is 0.287 e. The molecule has 1 saturated heterocycles. The molecule has 0 saturated carbocycles. The van der Waals surface area contributed by atoms with Gasteiger partial charge < -0.3 is 19.2 Å². The number of ether oxygens (including phenoxy) is 2. The number of fused-ring (bicyclic) bond motifs is 1. The summed E-state index contributed by atoms with van der Waals surface area (Å²) < 4.78 is 17.0. The molecule has 3 aromatic rings. The van der Waals surface area contributed by atoms with Crippen LogP contribution in [0.1, 0.15) is 39.3 Å². The van der Waals surface area contributed by atoms with Crippen molar-refractivity contribution in [1.29, 1.82) is 0 Å². The van der Waals surface area contributed by atoms with Crippen molar-refractivity contribution in [1.82, 2.24) is 10.8 Å². The molecule has 1 aliphatic heterocycles. The first-order valence-electron chi connectivity index (χ1n) is 10.2. The Bertz CT molecular complexity index is 1170. The second-order valence-electron chi connectivity index (χ2n) is 7.24. The molecule has 32 heavy (non-hydrogen) atoms. The molecule has 1 aliphatic rings. The fourth-order valence-corrected chi connectivity index (χ4v) is 3.32. The number of furan rings is 1. The maximum Gasteiger partial charge on any atom is 0.287 e. The van der Waals surface area contributed by atoms with E-state index in [1.807, 2.05) is 12.1 Å². The normalized spacial score (nSPS) is 13.8. The van der Waals surface area contributed by atoms with E-state index < -0.39 is 5.91 Å². The van der Waals surface area contributed by atoms with Gasteiger partial charge in [-0.2, -0.15) is 0 Å². The molecule has 0 unspecified atom stereocenters. The van der Waals surface area contributed by atoms with Crippen LogP contribution in [0.4, 0.5) is 0 Å². The minimum atomic E-state index is -0.593. The van der Waals surface area contributed by atoms with Gasteiger partial charge >= 0.3 is 0 Å². The Morgan fingerprint density at radius 1 is 1.06 bits per heavy atom. The Hall–Kier alpha value is -3.80. The number of carbonyl (C=O) groups is 2. The minimum absolute atomic E-state index is 0.132. The summed E-state index contributed by atoms with van der Waals surface area (Å²) in [4.78, 5) is 23.7. The van der Waals surface area contributed by atoms with Crippen LogP contribution in [0.5, 0.6) is 5.75 Å². The molecule has 0 spiro atoms. The lowest BCUT2D eigenvalue weighted by Crippen LogP contribution is -2.25. The molecule has 4 rings (SSSR count). The van der Waals surface area contributed by atoms with E-state index in [0.29, 0.717) is 29.9 Å². The summed E-state index contributed by atoms with van der Waals surface area (Å²) in [6.07, 6.45) is 1.86. The summed E-state index contributed by atoms with van der Waals surface area (Å²) in [5.74, 6) is 5.73. The predicted molar refractivity (Wildman–Crippen MR) is 116 cm³/mol. The largest absolute Gasteiger partial charge is 0.490 e. The maximum absolute atomic E-state index is 12.4. The first-order valence-corrected chi connectivity index (χ1v) is 10.2. The number of hydrogen-bond acceptors (Lipinski definition) is 6. The van der Waals surface area contributed by atoms with Gasteiger partial charge in [-0.3, -0.25) is 14.8 Å². The SMILES string of the molecule is O=C(NO)c1ccc(C#CCNC(=O)c2cc3cc(OC4CCOCC4)ccc3o2)cc1. The monoisotopic (exact) mass is 434 g/mol. The van der Waals surface area contributed by atoms with Gasteiger partial charge in [0.1, 0.15) is 17.4 Å². The zero-order valence-electron chi connectivity index (χ0n) is 17.2. The highest BCUT2D eigenvalue weighted by Crippen LogP contribution is 2.26. The molecule has 8 nitrogen and oxygen atoms in total. The number of benzene rings is 2. The second-order valence-corrected chi connectivity index (χ2v) is 7.24. The third-order valence-corrected chi connectivity index (χ3v) is 5.00. The quantitative estimate of drug-likeness (QED) is 0.324. The lowest BCUT2D eigenvalue weighted by molar-refractivity contribution is 0.0256. The van der Waals surface area contributed by atoms with Crippen molar-refractivity contribution < 1.29 is 28.7 Å². The van der Waals surface area contributed by atoms with E-state index >= 15 is 0 Å². The molecule has 0 atom stereocenters. The lowest BCUT2D eigenvalue weighted by Gasteiger charge is -2.23. The molecule has 1 fully saturated rings. The van der Waals surface area contributed by atoms with Gasteiger partial charge in [0.15, 0.2) is 5.76 Å². The van der Waals surface area contributed by atoms with Crippen LogP contribution in [0.3, 0.4) is 0 Å². The average molecular weight is 434 g/mol. The van der Waals surface area contributed by atoms with E-state index in [4.69, 9.17) is 19.1 Å². The minimum Gasteiger partial charge on any atom is -0.490 e. The fraction of sp³-hybridized carbons (Fsp3) is 0.250. The topological polar surface area (TPSA) is 110 Å². The third kappa shape index (κ3) is 5.27. The van der Waals surface area contributed by atoms with E-state index in [1.54, 1.807) is 41.9 Å². The van der Waals surface area contributed by atoms with Crippen LogP contribution in [-0.2, 0) is 4.74 Å². The van der Waals surface area contributed by atoms with E-state index in [-0.39, 0.29) is 24.3 Å². The number of amides is 2. The van der Waals surface area contributed by atoms with Crippen LogP contribution in [-0.4, -0.2) is 42.9 Å². The van der Waals surface area contributed by atoms with Gasteiger partial charge in [-0.05, 0) is 48.5 Å². The molecular weight excluding hydrogens is 412 g/mol. The van der Waals surface area contributed by atoms with Crippen LogP contribution in [0.25, 0.3) is 11.0 Å². The van der Waals surface area contributed by atoms with Gasteiger partial charge in [0.25, 0.3) is 11.8 Å². The number of rotatable bonds is 5. The number of hydroxylamine groups is 1. The van der Waals surface area contributed by atoms with Gasteiger partial charge in [0, 0.05) is 29.4 Å². The predicted octanol–water partition coefficient (Wildman–Crippen LogP) is 2.89. The summed E-state index contributed by atoms with van der Waals surface area (Å²) in [6, 6.07) is 13.6. The second kappa shape index (κ2) is 10.0. The van der Waals surface area contributed by atoms with Crippen molar-refractivity contribution in [2.75, 3.05) is 19.8 Å². The summed E-state index contributed by atoms with van der Waals surface area (Å²) in [5.41, 5.74) is 3.17. The van der Waals surface area contributed by atoms with Crippen molar-refractivity contribution in [3.63, 3.8) is 0 Å². The maximum atomic E-state index is 12.4. The molecular formula is C24H22N2O6. The van der Waals surface area contributed by atoms with Crippen molar-refractivity contribution in [2.45, 2.75) is 18.9 Å². The van der Waals surface area contributed by atoms with E-state index in [0.717, 1.165) is 24.0 Å². The summed E-state index contributed by atoms with van der Waals surface area (Å²) in [7, 11) is 0. The van der Waals surface area contributed by atoms with Crippen LogP contribution in [0, 0.1) is 11.8 Å². The third-order valence-electron chi connectivity index (χ3n) is 5.00. The van der Waals surface area contributed by atoms with E-state index in [2.05, 4.69) is 17.2 Å². The molecule has 164 valence electrons. The molecule has 0 bridgehead atoms. The molecule has 1 aromatic heterocycles. The first-order chi connectivity index (χ1) is 15.6. The van der Waals surface area contributed by atoms with Crippen LogP contribution >= 0.6 is 0 Å². The van der Waals surface area contributed by atoms with E-state index in [1.165, 1.54) is 0 Å². The Kier molecular flexibility index (Phi) is 6.70. The Balaban J connectivity index is 1.33. The van der Waals surface area contributed by atoms with Gasteiger partial charge in [0.05, 0.1) is 19.8 Å². The molecule has 2 heterocycles. The standard InChI is InChI=1S/C24H22N2O6/c27-23(26-29)17-5-3-16(4-6-17)2-1-11-25-24(28)22-15-18-14-20(7-8-21(18)32-22)31-19-9-12-30-13-10-19/h3-8,14-15,19,29H,9-13H2,(H,25,28)(H,26,27). The Labute approximate surface area is 184 Å². The zero-order valence-corrected chi connectivity index (χ0v) is 17.2. The first kappa shape index (κ1) is 21.4. The van der Waals surface area contributed by atoms with Crippen LogP contribution in [0.2, 0.25) is 0 Å². The Morgan fingerprint density at radius 2 is 1.84 bits per heavy atom. The number of carbonyl (C=O) groups excluding carboxylic acids is 2. The van der Waals surface area contributed by atoms with Crippen molar-refractivity contribution in [3.05, 3.63) is 65.4 Å². The number of nitrogens with one attached hydrogen (secondary N) is 2. The number of hydrogen-bond donors (Lipinski definition) is 3. The molecule has 8 heteroatoms. The van der Waals surface area contributed by atoms with Gasteiger partial charge in [-0.1, -0.05) is 11.8 Å². The van der Waals surface area contributed by atoms with Gasteiger partial charge in [-0.15, -0.1) is 0 Å². The Morgan fingerprint density at radius 3 is 2.59 bits per heavy atom. The fourth-order valence-electron chi connectivity index (χ4n) is 3.32. The highest BCUT2D eigenvalue weighted by molar-refractivity contribution is 5.96. The van der Waals surface area contributed by atoms with Gasteiger partial charge in [-0.25, -0.2) is 5.48 Å². The molecule has 0 aliphatic carbocycles. The summed E-state index contributed by atoms with van der Waals surface area (Å²) >= 11 is 0. The average Bonchev–Trinajstić information content (AvgIpc) is 3.26. The van der Waals surface area contributed by atoms with Crippen molar-refractivity contribution >= 4 is 22.8 Å². The van der Waals surface area contributed by atoms with Gasteiger partial charge in [0.2, 0.25) is 0 Å². The van der Waals surface area contributed by atoms with Crippen LogP contribution in [0.15, 0.2) is 52.9 Å². The lowest BCUT2D eigenvalue weighted by atomic mass is 10.1. The highest BCUT2D eigenvalue weighted by atomic mass is 16.5. The molecule has 2 amide bonds. The zero-order chi connectivity index (χ0) is 22.3. The highest BCUT2D eigenvalue weighted by Gasteiger charge is 2.17.